The highest BCUT2D eigenvalue weighted by Crippen LogP contribution is 2.20. The molecular weight excluding hydrogens is 205 g/mol. The van der Waals surface area contributed by atoms with Gasteiger partial charge in [-0.25, -0.2) is 4.39 Å². The van der Waals surface area contributed by atoms with Crippen LogP contribution in [0.1, 0.15) is 5.56 Å². The van der Waals surface area contributed by atoms with E-state index in [0.717, 1.165) is 18.2 Å². The fraction of sp³-hybridized carbons (Fsp3) is 0.111. The summed E-state index contributed by atoms with van der Waals surface area (Å²) in [7, 11) is 0. The number of nitro benzene ring substituents is 1. The standard InChI is InChI=1S/C9H8FNO2S/c10-8-3-4-9(11(12)13)7(6-8)2-1-5-14/h1-4,6,14H,5H2. The van der Waals surface area contributed by atoms with E-state index in [1.165, 1.54) is 6.08 Å². The molecule has 0 atom stereocenters. The second kappa shape index (κ2) is 4.76. The van der Waals surface area contributed by atoms with Gasteiger partial charge in [-0.15, -0.1) is 0 Å². The highest BCUT2D eigenvalue weighted by atomic mass is 32.1. The molecule has 0 fully saturated rings. The maximum atomic E-state index is 12.8. The summed E-state index contributed by atoms with van der Waals surface area (Å²) in [5.74, 6) is -0.0392. The molecule has 1 rings (SSSR count). The second-order valence-electron chi connectivity index (χ2n) is 2.55. The lowest BCUT2D eigenvalue weighted by atomic mass is 10.1. The predicted molar refractivity (Wildman–Crippen MR) is 55.9 cm³/mol. The maximum Gasteiger partial charge on any atom is 0.276 e. The minimum Gasteiger partial charge on any atom is -0.258 e. The highest BCUT2D eigenvalue weighted by molar-refractivity contribution is 7.80. The highest BCUT2D eigenvalue weighted by Gasteiger charge is 2.11. The van der Waals surface area contributed by atoms with Gasteiger partial charge in [0.05, 0.1) is 10.5 Å². The van der Waals surface area contributed by atoms with Gasteiger partial charge < -0.3 is 0 Å². The van der Waals surface area contributed by atoms with Crippen molar-refractivity contribution >= 4 is 24.4 Å². The third-order valence-electron chi connectivity index (χ3n) is 1.59. The molecule has 0 spiro atoms. The number of nitrogens with zero attached hydrogens (tertiary/aromatic N) is 1. The maximum absolute atomic E-state index is 12.8. The average Bonchev–Trinajstić information content (AvgIpc) is 2.14. The monoisotopic (exact) mass is 213 g/mol. The van der Waals surface area contributed by atoms with Crippen molar-refractivity contribution < 1.29 is 9.31 Å². The molecule has 0 heterocycles. The quantitative estimate of drug-likeness (QED) is 0.476. The van der Waals surface area contributed by atoms with Crippen LogP contribution in [0.25, 0.3) is 6.08 Å². The molecular formula is C9H8FNO2S. The van der Waals surface area contributed by atoms with E-state index in [-0.39, 0.29) is 11.3 Å². The molecule has 0 saturated heterocycles. The molecule has 0 aliphatic carbocycles. The van der Waals surface area contributed by atoms with Gasteiger partial charge in [-0.1, -0.05) is 12.2 Å². The molecule has 3 nitrogen and oxygen atoms in total. The third kappa shape index (κ3) is 2.56. The minimum absolute atomic E-state index is 0.107. The molecule has 1 aromatic carbocycles. The summed E-state index contributed by atoms with van der Waals surface area (Å²) in [5, 5.41) is 10.5. The van der Waals surface area contributed by atoms with E-state index in [0.29, 0.717) is 5.75 Å². The van der Waals surface area contributed by atoms with Crippen molar-refractivity contribution in [3.8, 4) is 0 Å². The van der Waals surface area contributed by atoms with Gasteiger partial charge in [-0.2, -0.15) is 12.6 Å². The summed E-state index contributed by atoms with van der Waals surface area (Å²) in [6, 6.07) is 3.34. The molecule has 0 radical (unpaired) electrons. The molecule has 0 aromatic heterocycles. The van der Waals surface area contributed by atoms with Crippen molar-refractivity contribution in [2.75, 3.05) is 5.75 Å². The Morgan fingerprint density at radius 1 is 1.57 bits per heavy atom. The van der Waals surface area contributed by atoms with Crippen LogP contribution >= 0.6 is 12.6 Å². The van der Waals surface area contributed by atoms with Crippen LogP contribution in [0.4, 0.5) is 10.1 Å². The zero-order valence-electron chi connectivity index (χ0n) is 7.18. The number of rotatable bonds is 3. The van der Waals surface area contributed by atoms with Crippen LogP contribution in [-0.4, -0.2) is 10.7 Å². The van der Waals surface area contributed by atoms with E-state index in [2.05, 4.69) is 12.6 Å². The first kappa shape index (κ1) is 10.7. The van der Waals surface area contributed by atoms with Crippen LogP contribution in [0.3, 0.4) is 0 Å². The molecule has 5 heteroatoms. The first-order valence-corrected chi connectivity index (χ1v) is 4.49. The van der Waals surface area contributed by atoms with Crippen molar-refractivity contribution in [2.45, 2.75) is 0 Å². The zero-order valence-corrected chi connectivity index (χ0v) is 8.08. The number of hydrogen-bond acceptors (Lipinski definition) is 3. The van der Waals surface area contributed by atoms with Gasteiger partial charge in [0.15, 0.2) is 0 Å². The van der Waals surface area contributed by atoms with Crippen molar-refractivity contribution in [1.82, 2.24) is 0 Å². The van der Waals surface area contributed by atoms with Crippen LogP contribution < -0.4 is 0 Å². The van der Waals surface area contributed by atoms with Crippen molar-refractivity contribution in [2.24, 2.45) is 0 Å². The normalized spacial score (nSPS) is 10.7. The lowest BCUT2D eigenvalue weighted by Gasteiger charge is -1.96. The molecule has 14 heavy (non-hydrogen) atoms. The Kier molecular flexibility index (Phi) is 3.64. The van der Waals surface area contributed by atoms with Crippen molar-refractivity contribution in [3.63, 3.8) is 0 Å². The van der Waals surface area contributed by atoms with E-state index in [1.54, 1.807) is 6.08 Å². The van der Waals surface area contributed by atoms with Gasteiger partial charge >= 0.3 is 0 Å². The van der Waals surface area contributed by atoms with E-state index in [1.807, 2.05) is 0 Å². The molecule has 0 amide bonds. The van der Waals surface area contributed by atoms with Crippen LogP contribution in [-0.2, 0) is 0 Å². The van der Waals surface area contributed by atoms with Gasteiger partial charge in [-0.05, 0) is 12.1 Å². The molecule has 74 valence electrons. The Bertz CT molecular complexity index is 379. The zero-order chi connectivity index (χ0) is 10.6. The van der Waals surface area contributed by atoms with Crippen molar-refractivity contribution in [1.29, 1.82) is 0 Å². The summed E-state index contributed by atoms with van der Waals surface area (Å²) < 4.78 is 12.8. The number of halogens is 1. The molecule has 0 bridgehead atoms. The van der Waals surface area contributed by atoms with Gasteiger partial charge in [0.1, 0.15) is 5.82 Å². The van der Waals surface area contributed by atoms with Gasteiger partial charge in [0.25, 0.3) is 5.69 Å². The fourth-order valence-electron chi connectivity index (χ4n) is 1.00. The summed E-state index contributed by atoms with van der Waals surface area (Å²) in [6.07, 6.45) is 3.10. The van der Waals surface area contributed by atoms with E-state index in [4.69, 9.17) is 0 Å². The predicted octanol–water partition coefficient (Wildman–Crippen LogP) is 2.68. The van der Waals surface area contributed by atoms with Gasteiger partial charge in [0.2, 0.25) is 0 Å². The molecule has 0 N–H and O–H groups in total. The van der Waals surface area contributed by atoms with Crippen molar-refractivity contribution in [3.05, 3.63) is 45.8 Å². The molecule has 0 saturated carbocycles. The SMILES string of the molecule is O=[N+]([O-])c1ccc(F)cc1C=CCS. The Morgan fingerprint density at radius 3 is 2.86 bits per heavy atom. The largest absolute Gasteiger partial charge is 0.276 e. The fourth-order valence-corrected chi connectivity index (χ4v) is 1.11. The first-order valence-electron chi connectivity index (χ1n) is 3.86. The number of hydrogen-bond donors (Lipinski definition) is 1. The smallest absolute Gasteiger partial charge is 0.258 e. The Hall–Kier alpha value is -1.36. The van der Waals surface area contributed by atoms with Gasteiger partial charge in [-0.3, -0.25) is 10.1 Å². The molecule has 0 aliphatic rings. The van der Waals surface area contributed by atoms with Crippen LogP contribution in [0.5, 0.6) is 0 Å². The van der Waals surface area contributed by atoms with E-state index in [9.17, 15) is 14.5 Å². The first-order chi connectivity index (χ1) is 6.65. The summed E-state index contributed by atoms with van der Waals surface area (Å²) in [6.45, 7) is 0. The van der Waals surface area contributed by atoms with Crippen LogP contribution in [0, 0.1) is 15.9 Å². The number of nitro groups is 1. The van der Waals surface area contributed by atoms with Crippen LogP contribution in [0.15, 0.2) is 24.3 Å². The molecule has 0 unspecified atom stereocenters. The summed E-state index contributed by atoms with van der Waals surface area (Å²) in [5.41, 5.74) is 0.147. The molecule has 0 aliphatic heterocycles. The Morgan fingerprint density at radius 2 is 2.29 bits per heavy atom. The average molecular weight is 213 g/mol. The minimum atomic E-state index is -0.544. The lowest BCUT2D eigenvalue weighted by molar-refractivity contribution is -0.385. The Labute approximate surface area is 85.8 Å². The number of benzene rings is 1. The Balaban J connectivity index is 3.15. The third-order valence-corrected chi connectivity index (χ3v) is 1.80. The number of thiol groups is 1. The summed E-state index contributed by atoms with van der Waals surface area (Å²) in [4.78, 5) is 9.98. The molecule has 1 aromatic rings. The second-order valence-corrected chi connectivity index (χ2v) is 2.91. The van der Waals surface area contributed by atoms with Crippen LogP contribution in [0.2, 0.25) is 0 Å². The summed E-state index contributed by atoms with van der Waals surface area (Å²) >= 11 is 3.91. The van der Waals surface area contributed by atoms with Gasteiger partial charge in [0, 0.05) is 11.8 Å². The van der Waals surface area contributed by atoms with E-state index < -0.39 is 10.7 Å². The van der Waals surface area contributed by atoms with E-state index >= 15 is 0 Å². The topological polar surface area (TPSA) is 43.1 Å². The lowest BCUT2D eigenvalue weighted by Crippen LogP contribution is -1.92.